The lowest BCUT2D eigenvalue weighted by molar-refractivity contribution is 0.0603. The quantitative estimate of drug-likeness (QED) is 0.163. The molecule has 2 unspecified atom stereocenters. The summed E-state index contributed by atoms with van der Waals surface area (Å²) >= 11 is 1.58. The SMILES string of the molecule is COCCN(C)c1cc(C(=O)N2CCCC2c2nc(C)cs2)cc(-c2nnc(C(C)(C=NC(=O)OC(C)(C)C)Cc3ccccc3)o2)n1. The maximum atomic E-state index is 14.1. The van der Waals surface area contributed by atoms with Gasteiger partial charge in [0.2, 0.25) is 5.89 Å². The minimum absolute atomic E-state index is 0.0829. The Bertz CT molecular complexity index is 1750. The zero-order valence-electron chi connectivity index (χ0n) is 28.6. The number of aromatic nitrogens is 4. The Hall–Kier alpha value is -4.49. The Labute approximate surface area is 285 Å². The van der Waals surface area contributed by atoms with Crippen LogP contribution in [0.2, 0.25) is 0 Å². The number of likely N-dealkylation sites (N-methyl/N-ethyl adjacent to an activating group) is 1. The predicted octanol–water partition coefficient (Wildman–Crippen LogP) is 6.46. The van der Waals surface area contributed by atoms with Gasteiger partial charge in [-0.25, -0.2) is 14.8 Å². The van der Waals surface area contributed by atoms with Crippen molar-refractivity contribution in [2.75, 3.05) is 38.8 Å². The maximum Gasteiger partial charge on any atom is 0.433 e. The van der Waals surface area contributed by atoms with E-state index in [2.05, 4.69) is 20.2 Å². The molecule has 254 valence electrons. The number of methoxy groups -OCH3 is 1. The molecule has 48 heavy (non-hydrogen) atoms. The van der Waals surface area contributed by atoms with Gasteiger partial charge in [-0.15, -0.1) is 21.5 Å². The third kappa shape index (κ3) is 8.50. The van der Waals surface area contributed by atoms with Gasteiger partial charge in [0.05, 0.1) is 18.1 Å². The summed E-state index contributed by atoms with van der Waals surface area (Å²) in [5, 5.41) is 11.7. The van der Waals surface area contributed by atoms with E-state index in [4.69, 9.17) is 18.9 Å². The molecule has 1 aliphatic heterocycles. The van der Waals surface area contributed by atoms with Crippen LogP contribution in [0.15, 0.2) is 57.3 Å². The summed E-state index contributed by atoms with van der Waals surface area (Å²) in [6.07, 6.45) is 2.95. The number of thiazole rings is 1. The number of hydrogen-bond acceptors (Lipinski definition) is 11. The molecule has 0 aliphatic carbocycles. The minimum atomic E-state index is -0.969. The van der Waals surface area contributed by atoms with E-state index in [1.807, 2.05) is 66.4 Å². The smallest absolute Gasteiger partial charge is 0.433 e. The van der Waals surface area contributed by atoms with Gasteiger partial charge in [-0.2, -0.15) is 4.99 Å². The lowest BCUT2D eigenvalue weighted by Crippen LogP contribution is -2.31. The number of rotatable bonds is 11. The van der Waals surface area contributed by atoms with Crippen molar-refractivity contribution >= 4 is 35.4 Å². The number of hydrogen-bond donors (Lipinski definition) is 0. The molecule has 3 aromatic heterocycles. The summed E-state index contributed by atoms with van der Waals surface area (Å²) in [6.45, 7) is 10.8. The van der Waals surface area contributed by atoms with Crippen molar-refractivity contribution in [1.29, 1.82) is 0 Å². The van der Waals surface area contributed by atoms with Gasteiger partial charge in [0, 0.05) is 50.1 Å². The molecule has 0 N–H and O–H groups in total. The summed E-state index contributed by atoms with van der Waals surface area (Å²) < 4.78 is 17.0. The van der Waals surface area contributed by atoms with Crippen molar-refractivity contribution in [3.8, 4) is 11.6 Å². The fourth-order valence-electron chi connectivity index (χ4n) is 5.48. The monoisotopic (exact) mass is 673 g/mol. The number of benzene rings is 1. The largest absolute Gasteiger partial charge is 0.442 e. The summed E-state index contributed by atoms with van der Waals surface area (Å²) in [5.74, 6) is 0.820. The van der Waals surface area contributed by atoms with Crippen LogP contribution in [-0.2, 0) is 21.3 Å². The summed E-state index contributed by atoms with van der Waals surface area (Å²) in [7, 11) is 3.53. The first-order valence-electron chi connectivity index (χ1n) is 16.0. The first kappa shape index (κ1) is 34.8. The van der Waals surface area contributed by atoms with Crippen LogP contribution in [0.25, 0.3) is 11.6 Å². The lowest BCUT2D eigenvalue weighted by atomic mass is 9.84. The number of anilines is 1. The standard InChI is InChI=1S/C35H43N7O5S/c1-23-21-48-30(37-23)27-14-11-15-42(27)31(43)25-18-26(38-28(19-25)41(6)16-17-45-7)29-39-40-32(46-29)35(5,20-24-12-9-8-10-13-24)22-36-33(44)47-34(2,3)4/h8-10,12-13,18-19,21-22,27H,11,14-17,20H2,1-7H3. The van der Waals surface area contributed by atoms with Crippen LogP contribution in [-0.4, -0.2) is 82.7 Å². The first-order chi connectivity index (χ1) is 22.8. The number of carbonyl (C=O) groups is 2. The summed E-state index contributed by atoms with van der Waals surface area (Å²) in [5.41, 5.74) is 1.08. The molecule has 4 aromatic rings. The van der Waals surface area contributed by atoms with Gasteiger partial charge in [-0.05, 0) is 71.6 Å². The normalized spacial score (nSPS) is 16.3. The Balaban J connectivity index is 1.51. The van der Waals surface area contributed by atoms with Gasteiger partial charge in [0.25, 0.3) is 11.8 Å². The average Bonchev–Trinajstić information content (AvgIpc) is 3.83. The minimum Gasteiger partial charge on any atom is -0.442 e. The predicted molar refractivity (Wildman–Crippen MR) is 185 cm³/mol. The third-order valence-corrected chi connectivity index (χ3v) is 8.98. The fourth-order valence-corrected chi connectivity index (χ4v) is 6.43. The number of aliphatic imine (C=N–C) groups is 1. The molecule has 0 radical (unpaired) electrons. The molecule has 1 aliphatic rings. The van der Waals surface area contributed by atoms with Crippen LogP contribution in [0.1, 0.15) is 79.1 Å². The molecule has 0 bridgehead atoms. The Morgan fingerprint density at radius 3 is 2.60 bits per heavy atom. The van der Waals surface area contributed by atoms with Crippen molar-refractivity contribution in [1.82, 2.24) is 25.1 Å². The molecule has 2 amide bonds. The molecule has 1 aromatic carbocycles. The Morgan fingerprint density at radius 1 is 1.15 bits per heavy atom. The third-order valence-electron chi connectivity index (χ3n) is 7.91. The molecule has 4 heterocycles. The van der Waals surface area contributed by atoms with Crippen LogP contribution in [0.3, 0.4) is 0 Å². The topological polar surface area (TPSA) is 136 Å². The van der Waals surface area contributed by atoms with Crippen LogP contribution < -0.4 is 4.90 Å². The number of carbonyl (C=O) groups excluding carboxylic acids is 2. The fraction of sp³-hybridized carbons (Fsp3) is 0.457. The molecule has 0 spiro atoms. The zero-order chi connectivity index (χ0) is 34.5. The van der Waals surface area contributed by atoms with Gasteiger partial charge in [-0.3, -0.25) is 4.79 Å². The van der Waals surface area contributed by atoms with Gasteiger partial charge < -0.3 is 23.7 Å². The van der Waals surface area contributed by atoms with Crippen LogP contribution in [0.4, 0.5) is 10.6 Å². The number of pyridine rings is 1. The highest BCUT2D eigenvalue weighted by Gasteiger charge is 2.35. The van der Waals surface area contributed by atoms with Crippen molar-refractivity contribution in [3.63, 3.8) is 0 Å². The van der Waals surface area contributed by atoms with Gasteiger partial charge in [0.1, 0.15) is 22.1 Å². The van der Waals surface area contributed by atoms with E-state index in [-0.39, 0.29) is 23.7 Å². The summed E-state index contributed by atoms with van der Waals surface area (Å²) in [6, 6.07) is 13.2. The Morgan fingerprint density at radius 2 is 1.92 bits per heavy atom. The molecule has 12 nitrogen and oxygen atoms in total. The van der Waals surface area contributed by atoms with Crippen LogP contribution in [0.5, 0.6) is 0 Å². The van der Waals surface area contributed by atoms with E-state index in [0.717, 1.165) is 29.1 Å². The second kappa shape index (κ2) is 14.7. The second-order valence-corrected chi connectivity index (χ2v) is 14.1. The van der Waals surface area contributed by atoms with Crippen LogP contribution in [0, 0.1) is 6.92 Å². The van der Waals surface area contributed by atoms with Crippen molar-refractivity contribution in [2.45, 2.75) is 70.9 Å². The number of aryl methyl sites for hydroxylation is 1. The van der Waals surface area contributed by atoms with E-state index < -0.39 is 17.1 Å². The lowest BCUT2D eigenvalue weighted by Gasteiger charge is -2.24. The highest BCUT2D eigenvalue weighted by atomic mass is 32.1. The van der Waals surface area contributed by atoms with E-state index >= 15 is 0 Å². The summed E-state index contributed by atoms with van der Waals surface area (Å²) in [4.78, 5) is 44.1. The highest BCUT2D eigenvalue weighted by Crippen LogP contribution is 2.36. The first-order valence-corrected chi connectivity index (χ1v) is 16.8. The molecule has 1 fully saturated rings. The van der Waals surface area contributed by atoms with Gasteiger partial charge >= 0.3 is 6.09 Å². The molecule has 1 saturated heterocycles. The highest BCUT2D eigenvalue weighted by molar-refractivity contribution is 7.09. The van der Waals surface area contributed by atoms with E-state index in [1.54, 1.807) is 51.4 Å². The van der Waals surface area contributed by atoms with Crippen LogP contribution >= 0.6 is 11.3 Å². The zero-order valence-corrected chi connectivity index (χ0v) is 29.4. The molecule has 5 rings (SSSR count). The number of amides is 2. The molecule has 0 saturated carbocycles. The van der Waals surface area contributed by atoms with E-state index in [1.165, 1.54) is 6.21 Å². The maximum absolute atomic E-state index is 14.1. The van der Waals surface area contributed by atoms with Crippen molar-refractivity contribution in [3.05, 3.63) is 75.6 Å². The second-order valence-electron chi connectivity index (χ2n) is 13.2. The van der Waals surface area contributed by atoms with E-state index in [0.29, 0.717) is 43.2 Å². The van der Waals surface area contributed by atoms with Crippen molar-refractivity contribution < 1.29 is 23.5 Å². The Kier molecular flexibility index (Phi) is 10.7. The molecule has 13 heteroatoms. The average molecular weight is 674 g/mol. The number of likely N-dealkylation sites (tertiary alicyclic amines) is 1. The molecule has 2 atom stereocenters. The van der Waals surface area contributed by atoms with E-state index in [9.17, 15) is 9.59 Å². The molecular weight excluding hydrogens is 630 g/mol. The number of nitrogens with zero attached hydrogens (tertiary/aromatic N) is 7. The van der Waals surface area contributed by atoms with Gasteiger partial charge in [0.15, 0.2) is 0 Å². The number of ether oxygens (including phenoxy) is 2. The van der Waals surface area contributed by atoms with Gasteiger partial charge in [-0.1, -0.05) is 30.3 Å². The van der Waals surface area contributed by atoms with Crippen molar-refractivity contribution in [2.24, 2.45) is 4.99 Å². The molecular formula is C35H43N7O5S.